The predicted molar refractivity (Wildman–Crippen MR) is 154 cm³/mol. The Bertz CT molecular complexity index is 1220. The highest BCUT2D eigenvalue weighted by Crippen LogP contribution is 2.28. The number of benzene rings is 2. The second kappa shape index (κ2) is 13.9. The molecule has 3 aromatic rings. The van der Waals surface area contributed by atoms with Crippen LogP contribution in [-0.4, -0.2) is 55.6 Å². The summed E-state index contributed by atoms with van der Waals surface area (Å²) in [5.74, 6) is 1.46. The maximum atomic E-state index is 13.7. The maximum absolute atomic E-state index is 13.7. The van der Waals surface area contributed by atoms with Gasteiger partial charge in [-0.1, -0.05) is 38.1 Å². The fourth-order valence-electron chi connectivity index (χ4n) is 4.16. The molecule has 3 amide bonds. The van der Waals surface area contributed by atoms with Crippen molar-refractivity contribution in [1.29, 1.82) is 0 Å². The Labute approximate surface area is 230 Å². The minimum Gasteiger partial charge on any atom is -0.493 e. The molecule has 204 valence electrons. The molecule has 38 heavy (non-hydrogen) atoms. The van der Waals surface area contributed by atoms with Gasteiger partial charge >= 0.3 is 6.03 Å². The molecule has 1 aromatic heterocycles. The van der Waals surface area contributed by atoms with E-state index in [1.807, 2.05) is 73.5 Å². The van der Waals surface area contributed by atoms with Gasteiger partial charge in [0, 0.05) is 23.7 Å². The number of ether oxygens (including phenoxy) is 2. The maximum Gasteiger partial charge on any atom is 0.322 e. The Kier molecular flexibility index (Phi) is 10.6. The normalized spacial score (nSPS) is 10.8. The molecule has 0 aliphatic carbocycles. The van der Waals surface area contributed by atoms with Crippen molar-refractivity contribution in [2.45, 2.75) is 40.7 Å². The van der Waals surface area contributed by atoms with E-state index in [9.17, 15) is 9.59 Å². The van der Waals surface area contributed by atoms with Crippen LogP contribution in [0.25, 0.3) is 0 Å². The molecule has 2 aromatic carbocycles. The number of aryl methyl sites for hydroxylation is 2. The first-order valence-electron chi connectivity index (χ1n) is 12.8. The van der Waals surface area contributed by atoms with Crippen LogP contribution in [-0.2, 0) is 17.8 Å². The van der Waals surface area contributed by atoms with E-state index in [-0.39, 0.29) is 24.4 Å². The summed E-state index contributed by atoms with van der Waals surface area (Å²) in [6.07, 6.45) is 0.649. The zero-order valence-corrected chi connectivity index (χ0v) is 24.1. The number of methoxy groups -OCH3 is 2. The Morgan fingerprint density at radius 3 is 2.32 bits per heavy atom. The fourth-order valence-corrected chi connectivity index (χ4v) is 5.08. The summed E-state index contributed by atoms with van der Waals surface area (Å²) in [6, 6.07) is 15.3. The van der Waals surface area contributed by atoms with E-state index in [1.54, 1.807) is 30.5 Å². The lowest BCUT2D eigenvalue weighted by molar-refractivity contribution is -0.132. The standard InChI is InChI=1S/C30H39N3O4S/c1-21(2)18-33(30(35)31-25-10-8-7-9-22(25)3)20-29(34)32(19-28-23(4)14-16-38-28)15-13-24-11-12-26(36-5)27(17-24)37-6/h7-12,14,16-17,21H,13,15,18-20H2,1-6H3,(H,31,35). The summed E-state index contributed by atoms with van der Waals surface area (Å²) < 4.78 is 10.8. The molecule has 1 heterocycles. The van der Waals surface area contributed by atoms with Gasteiger partial charge in [0.05, 0.1) is 20.8 Å². The molecule has 0 saturated heterocycles. The second-order valence-electron chi connectivity index (χ2n) is 9.80. The first-order chi connectivity index (χ1) is 18.2. The Hall–Kier alpha value is -3.52. The summed E-state index contributed by atoms with van der Waals surface area (Å²) in [5, 5.41) is 5.03. The molecule has 7 nitrogen and oxygen atoms in total. The van der Waals surface area contributed by atoms with E-state index in [0.29, 0.717) is 37.6 Å². The number of thiophene rings is 1. The zero-order valence-electron chi connectivity index (χ0n) is 23.2. The lowest BCUT2D eigenvalue weighted by Gasteiger charge is -2.29. The van der Waals surface area contributed by atoms with Crippen molar-refractivity contribution < 1.29 is 19.1 Å². The molecule has 1 N–H and O–H groups in total. The van der Waals surface area contributed by atoms with Crippen molar-refractivity contribution in [3.8, 4) is 11.5 Å². The van der Waals surface area contributed by atoms with Crippen molar-refractivity contribution >= 4 is 29.0 Å². The number of carbonyl (C=O) groups excluding carboxylic acids is 2. The largest absolute Gasteiger partial charge is 0.493 e. The number of nitrogens with zero attached hydrogens (tertiary/aromatic N) is 2. The lowest BCUT2D eigenvalue weighted by Crippen LogP contribution is -2.46. The van der Waals surface area contributed by atoms with E-state index in [1.165, 1.54) is 0 Å². The summed E-state index contributed by atoms with van der Waals surface area (Å²) >= 11 is 1.64. The molecule has 0 saturated carbocycles. The van der Waals surface area contributed by atoms with Gasteiger partial charge in [-0.15, -0.1) is 11.3 Å². The van der Waals surface area contributed by atoms with Gasteiger partial charge in [0.1, 0.15) is 6.54 Å². The van der Waals surface area contributed by atoms with Crippen LogP contribution < -0.4 is 14.8 Å². The molecule has 8 heteroatoms. The van der Waals surface area contributed by atoms with Gasteiger partial charge in [-0.3, -0.25) is 4.79 Å². The Balaban J connectivity index is 1.78. The van der Waals surface area contributed by atoms with Gasteiger partial charge in [-0.05, 0) is 72.5 Å². The molecule has 0 radical (unpaired) electrons. The van der Waals surface area contributed by atoms with Gasteiger partial charge in [0.25, 0.3) is 0 Å². The first-order valence-corrected chi connectivity index (χ1v) is 13.7. The van der Waals surface area contributed by atoms with Crippen molar-refractivity contribution in [2.24, 2.45) is 5.92 Å². The number of hydrogen-bond donors (Lipinski definition) is 1. The van der Waals surface area contributed by atoms with Crippen molar-refractivity contribution in [1.82, 2.24) is 9.80 Å². The Morgan fingerprint density at radius 2 is 1.68 bits per heavy atom. The predicted octanol–water partition coefficient (Wildman–Crippen LogP) is 6.14. The SMILES string of the molecule is COc1ccc(CCN(Cc2sccc2C)C(=O)CN(CC(C)C)C(=O)Nc2ccccc2C)cc1OC. The topological polar surface area (TPSA) is 71.1 Å². The van der Waals surface area contributed by atoms with Gasteiger partial charge in [-0.2, -0.15) is 0 Å². The third kappa shape index (κ3) is 7.99. The van der Waals surface area contributed by atoms with E-state index >= 15 is 0 Å². The quantitative estimate of drug-likeness (QED) is 0.301. The monoisotopic (exact) mass is 537 g/mol. The number of anilines is 1. The van der Waals surface area contributed by atoms with Crippen molar-refractivity contribution in [3.05, 3.63) is 75.5 Å². The number of para-hydroxylation sites is 1. The molecule has 0 fully saturated rings. The third-order valence-corrected chi connectivity index (χ3v) is 7.37. The molecule has 0 spiro atoms. The van der Waals surface area contributed by atoms with Crippen LogP contribution in [0, 0.1) is 19.8 Å². The lowest BCUT2D eigenvalue weighted by atomic mass is 10.1. The number of rotatable bonds is 12. The van der Waals surface area contributed by atoms with Gasteiger partial charge in [0.15, 0.2) is 11.5 Å². The van der Waals surface area contributed by atoms with Crippen LogP contribution in [0.2, 0.25) is 0 Å². The number of hydrogen-bond acceptors (Lipinski definition) is 5. The summed E-state index contributed by atoms with van der Waals surface area (Å²) in [5.41, 5.74) is 3.93. The van der Waals surface area contributed by atoms with E-state index < -0.39 is 0 Å². The van der Waals surface area contributed by atoms with Crippen molar-refractivity contribution in [3.63, 3.8) is 0 Å². The van der Waals surface area contributed by atoms with E-state index in [2.05, 4.69) is 18.3 Å². The minimum absolute atomic E-state index is 0.00620. The Morgan fingerprint density at radius 1 is 0.947 bits per heavy atom. The average Bonchev–Trinajstić information content (AvgIpc) is 3.30. The van der Waals surface area contributed by atoms with Crippen LogP contribution in [0.1, 0.15) is 35.4 Å². The highest BCUT2D eigenvalue weighted by Gasteiger charge is 2.23. The average molecular weight is 538 g/mol. The van der Waals surface area contributed by atoms with Gasteiger partial charge in [-0.25, -0.2) is 4.79 Å². The fraction of sp³-hybridized carbons (Fsp3) is 0.400. The number of amides is 3. The second-order valence-corrected chi connectivity index (χ2v) is 10.8. The zero-order chi connectivity index (χ0) is 27.7. The van der Waals surface area contributed by atoms with Crippen LogP contribution in [0.3, 0.4) is 0 Å². The number of carbonyl (C=O) groups is 2. The first kappa shape index (κ1) is 29.0. The summed E-state index contributed by atoms with van der Waals surface area (Å²) in [7, 11) is 3.22. The molecular weight excluding hydrogens is 498 g/mol. The molecule has 0 aliphatic rings. The molecule has 0 bridgehead atoms. The number of urea groups is 1. The minimum atomic E-state index is -0.270. The highest BCUT2D eigenvalue weighted by atomic mass is 32.1. The molecule has 0 unspecified atom stereocenters. The number of nitrogens with one attached hydrogen (secondary N) is 1. The van der Waals surface area contributed by atoms with Crippen LogP contribution in [0.4, 0.5) is 10.5 Å². The van der Waals surface area contributed by atoms with Gasteiger partial charge in [0.2, 0.25) is 5.91 Å². The van der Waals surface area contributed by atoms with Crippen LogP contribution >= 0.6 is 11.3 Å². The van der Waals surface area contributed by atoms with E-state index in [4.69, 9.17) is 9.47 Å². The molecule has 0 atom stereocenters. The van der Waals surface area contributed by atoms with E-state index in [0.717, 1.165) is 27.3 Å². The molecule has 3 rings (SSSR count). The summed E-state index contributed by atoms with van der Waals surface area (Å²) in [4.78, 5) is 31.6. The van der Waals surface area contributed by atoms with Crippen molar-refractivity contribution in [2.75, 3.05) is 39.2 Å². The van der Waals surface area contributed by atoms with Crippen LogP contribution in [0.5, 0.6) is 11.5 Å². The third-order valence-electron chi connectivity index (χ3n) is 6.36. The van der Waals surface area contributed by atoms with Gasteiger partial charge < -0.3 is 24.6 Å². The summed E-state index contributed by atoms with van der Waals surface area (Å²) in [6.45, 7) is 9.60. The molecular formula is C30H39N3O4S. The highest BCUT2D eigenvalue weighted by molar-refractivity contribution is 7.10. The smallest absolute Gasteiger partial charge is 0.322 e. The van der Waals surface area contributed by atoms with Crippen LogP contribution in [0.15, 0.2) is 53.9 Å². The molecule has 0 aliphatic heterocycles.